The van der Waals surface area contributed by atoms with Crippen LogP contribution in [0.1, 0.15) is 50.9 Å². The van der Waals surface area contributed by atoms with E-state index in [1.807, 2.05) is 34.6 Å². The molecule has 108 valence electrons. The Morgan fingerprint density at radius 1 is 1.35 bits per heavy atom. The molecular weight excluding hydrogens is 258 g/mol. The third-order valence-electron chi connectivity index (χ3n) is 2.64. The maximum atomic E-state index is 11.1. The van der Waals surface area contributed by atoms with Crippen molar-refractivity contribution in [3.63, 3.8) is 0 Å². The lowest BCUT2D eigenvalue weighted by Gasteiger charge is -2.12. The molecule has 0 unspecified atom stereocenters. The minimum atomic E-state index is -1.08. The molecule has 0 radical (unpaired) electrons. The number of aromatic carboxylic acids is 1. The maximum Gasteiger partial charge on any atom is 0.354 e. The third-order valence-corrected chi connectivity index (χ3v) is 2.64. The number of hydrogen-bond donors (Lipinski definition) is 2. The molecule has 2 aromatic rings. The molecule has 20 heavy (non-hydrogen) atoms. The molecule has 2 heterocycles. The number of rotatable bonds is 3. The van der Waals surface area contributed by atoms with E-state index in [1.54, 1.807) is 4.52 Å². The van der Waals surface area contributed by atoms with Crippen molar-refractivity contribution in [2.24, 2.45) is 0 Å². The van der Waals surface area contributed by atoms with E-state index >= 15 is 0 Å². The SMILES string of the molecule is CC(C)Nc1cc(C(=O)O)nc2nc(C(C)(C)C)nn12. The largest absolute Gasteiger partial charge is 0.477 e. The van der Waals surface area contributed by atoms with Crippen molar-refractivity contribution in [1.82, 2.24) is 19.6 Å². The molecule has 0 fully saturated rings. The van der Waals surface area contributed by atoms with Gasteiger partial charge in [0.25, 0.3) is 5.78 Å². The third kappa shape index (κ3) is 2.71. The van der Waals surface area contributed by atoms with Gasteiger partial charge in [-0.05, 0) is 13.8 Å². The Morgan fingerprint density at radius 3 is 2.50 bits per heavy atom. The minimum absolute atomic E-state index is 0.0477. The second kappa shape index (κ2) is 4.73. The van der Waals surface area contributed by atoms with E-state index in [9.17, 15) is 4.79 Å². The van der Waals surface area contributed by atoms with Crippen LogP contribution in [0.5, 0.6) is 0 Å². The van der Waals surface area contributed by atoms with Gasteiger partial charge in [-0.25, -0.2) is 9.78 Å². The Balaban J connectivity index is 2.67. The molecule has 0 amide bonds. The highest BCUT2D eigenvalue weighted by Gasteiger charge is 2.22. The van der Waals surface area contributed by atoms with Crippen LogP contribution < -0.4 is 5.32 Å². The number of nitrogens with one attached hydrogen (secondary N) is 1. The normalized spacial score (nSPS) is 12.1. The summed E-state index contributed by atoms with van der Waals surface area (Å²) in [4.78, 5) is 19.5. The van der Waals surface area contributed by atoms with E-state index in [-0.39, 0.29) is 22.9 Å². The van der Waals surface area contributed by atoms with Gasteiger partial charge in [-0.15, -0.1) is 5.10 Å². The summed E-state index contributed by atoms with van der Waals surface area (Å²) < 4.78 is 1.55. The molecule has 0 aliphatic carbocycles. The number of fused-ring (bicyclic) bond motifs is 1. The molecular formula is C13H19N5O2. The zero-order valence-electron chi connectivity index (χ0n) is 12.3. The molecule has 7 nitrogen and oxygen atoms in total. The molecule has 7 heteroatoms. The molecule has 0 aromatic carbocycles. The van der Waals surface area contributed by atoms with Crippen LogP contribution in [0.25, 0.3) is 5.78 Å². The zero-order valence-corrected chi connectivity index (χ0v) is 12.3. The van der Waals surface area contributed by atoms with Crippen LogP contribution in [0, 0.1) is 0 Å². The Kier molecular flexibility index (Phi) is 3.37. The highest BCUT2D eigenvalue weighted by molar-refractivity contribution is 5.86. The number of aromatic nitrogens is 4. The average Bonchev–Trinajstić information content (AvgIpc) is 2.71. The Hall–Kier alpha value is -2.18. The summed E-state index contributed by atoms with van der Waals surface area (Å²) in [5.74, 6) is 0.405. The Labute approximate surface area is 117 Å². The highest BCUT2D eigenvalue weighted by atomic mass is 16.4. The van der Waals surface area contributed by atoms with Crippen molar-refractivity contribution < 1.29 is 9.90 Å². The molecule has 0 bridgehead atoms. The molecule has 0 saturated heterocycles. The number of carboxylic acid groups (broad SMARTS) is 1. The van der Waals surface area contributed by atoms with E-state index in [0.717, 1.165) is 0 Å². The molecule has 0 spiro atoms. The minimum Gasteiger partial charge on any atom is -0.477 e. The van der Waals surface area contributed by atoms with Gasteiger partial charge in [-0.3, -0.25) is 0 Å². The van der Waals surface area contributed by atoms with Gasteiger partial charge in [0.1, 0.15) is 5.82 Å². The van der Waals surface area contributed by atoms with Crippen LogP contribution in [0.2, 0.25) is 0 Å². The second-order valence-electron chi connectivity index (χ2n) is 6.03. The van der Waals surface area contributed by atoms with E-state index in [2.05, 4.69) is 20.4 Å². The maximum absolute atomic E-state index is 11.1. The van der Waals surface area contributed by atoms with Crippen LogP contribution in [0.4, 0.5) is 5.82 Å². The zero-order chi connectivity index (χ0) is 15.1. The van der Waals surface area contributed by atoms with Crippen molar-refractivity contribution in [3.8, 4) is 0 Å². The first-order valence-electron chi connectivity index (χ1n) is 6.46. The van der Waals surface area contributed by atoms with E-state index < -0.39 is 5.97 Å². The lowest BCUT2D eigenvalue weighted by molar-refractivity contribution is 0.0690. The number of anilines is 1. The number of carbonyl (C=O) groups is 1. The molecule has 0 aliphatic heterocycles. The fraction of sp³-hybridized carbons (Fsp3) is 0.538. The van der Waals surface area contributed by atoms with Crippen LogP contribution in [-0.4, -0.2) is 36.7 Å². The van der Waals surface area contributed by atoms with Gasteiger partial charge in [0.15, 0.2) is 11.5 Å². The summed E-state index contributed by atoms with van der Waals surface area (Å²) in [6.07, 6.45) is 0. The van der Waals surface area contributed by atoms with Crippen molar-refractivity contribution in [2.75, 3.05) is 5.32 Å². The van der Waals surface area contributed by atoms with Gasteiger partial charge in [0.2, 0.25) is 0 Å². The predicted molar refractivity (Wildman–Crippen MR) is 75.2 cm³/mol. The Morgan fingerprint density at radius 2 is 2.00 bits per heavy atom. The second-order valence-corrected chi connectivity index (χ2v) is 6.03. The van der Waals surface area contributed by atoms with E-state index in [4.69, 9.17) is 5.11 Å². The molecule has 0 saturated carbocycles. The molecule has 2 N–H and O–H groups in total. The molecule has 0 atom stereocenters. The van der Waals surface area contributed by atoms with Gasteiger partial charge < -0.3 is 10.4 Å². The average molecular weight is 277 g/mol. The van der Waals surface area contributed by atoms with Gasteiger partial charge in [-0.2, -0.15) is 9.50 Å². The quantitative estimate of drug-likeness (QED) is 0.890. The first-order valence-corrected chi connectivity index (χ1v) is 6.46. The van der Waals surface area contributed by atoms with Gasteiger partial charge in [-0.1, -0.05) is 20.8 Å². The van der Waals surface area contributed by atoms with Crippen molar-refractivity contribution >= 4 is 17.6 Å². The molecule has 2 aromatic heterocycles. The molecule has 0 aliphatic rings. The van der Waals surface area contributed by atoms with E-state index in [1.165, 1.54) is 6.07 Å². The summed E-state index contributed by atoms with van der Waals surface area (Å²) in [7, 11) is 0. The van der Waals surface area contributed by atoms with Crippen LogP contribution in [-0.2, 0) is 5.41 Å². The Bertz CT molecular complexity index is 655. The number of carboxylic acids is 1. The number of nitrogens with zero attached hydrogens (tertiary/aromatic N) is 4. The van der Waals surface area contributed by atoms with Crippen LogP contribution in [0.3, 0.4) is 0 Å². The lowest BCUT2D eigenvalue weighted by atomic mass is 9.96. The van der Waals surface area contributed by atoms with E-state index in [0.29, 0.717) is 11.6 Å². The smallest absolute Gasteiger partial charge is 0.354 e. The van der Waals surface area contributed by atoms with Crippen molar-refractivity contribution in [1.29, 1.82) is 0 Å². The van der Waals surface area contributed by atoms with Crippen LogP contribution >= 0.6 is 0 Å². The first-order chi connectivity index (χ1) is 9.18. The standard InChI is InChI=1S/C13H19N5O2/c1-7(2)14-9-6-8(10(19)20)15-12-16-11(13(3,4)5)17-18(9)12/h6-7,14H,1-5H3,(H,19,20). The van der Waals surface area contributed by atoms with Crippen LogP contribution in [0.15, 0.2) is 6.07 Å². The topological polar surface area (TPSA) is 92.4 Å². The number of hydrogen-bond acceptors (Lipinski definition) is 5. The fourth-order valence-electron chi connectivity index (χ4n) is 1.69. The highest BCUT2D eigenvalue weighted by Crippen LogP contribution is 2.21. The predicted octanol–water partition coefficient (Wildman–Crippen LogP) is 1.94. The lowest BCUT2D eigenvalue weighted by Crippen LogP contribution is -2.16. The summed E-state index contributed by atoms with van der Waals surface area (Å²) in [6.45, 7) is 9.92. The summed E-state index contributed by atoms with van der Waals surface area (Å²) in [5.41, 5.74) is -0.278. The van der Waals surface area contributed by atoms with Gasteiger partial charge >= 0.3 is 5.97 Å². The van der Waals surface area contributed by atoms with Gasteiger partial charge in [0.05, 0.1) is 0 Å². The van der Waals surface area contributed by atoms with Gasteiger partial charge in [0, 0.05) is 17.5 Å². The molecule has 2 rings (SSSR count). The fourth-order valence-corrected chi connectivity index (χ4v) is 1.69. The van der Waals surface area contributed by atoms with Crippen molar-refractivity contribution in [3.05, 3.63) is 17.6 Å². The summed E-state index contributed by atoms with van der Waals surface area (Å²) in [6, 6.07) is 1.61. The monoisotopic (exact) mass is 277 g/mol. The summed E-state index contributed by atoms with van der Waals surface area (Å²) in [5, 5.41) is 16.7. The van der Waals surface area contributed by atoms with Crippen molar-refractivity contribution in [2.45, 2.75) is 46.1 Å². The first kappa shape index (κ1) is 14.2. The summed E-state index contributed by atoms with van der Waals surface area (Å²) >= 11 is 0.